The highest BCUT2D eigenvalue weighted by atomic mass is 16.5. The summed E-state index contributed by atoms with van der Waals surface area (Å²) < 4.78 is 4.81. The average Bonchev–Trinajstić information content (AvgIpc) is 2.45. The molecule has 6 nitrogen and oxygen atoms in total. The van der Waals surface area contributed by atoms with Crippen LogP contribution >= 0.6 is 0 Å². The second kappa shape index (κ2) is 4.29. The van der Waals surface area contributed by atoms with Gasteiger partial charge in [-0.15, -0.1) is 0 Å². The fourth-order valence-electron chi connectivity index (χ4n) is 0.985. The van der Waals surface area contributed by atoms with Crippen LogP contribution in [-0.4, -0.2) is 21.6 Å². The summed E-state index contributed by atoms with van der Waals surface area (Å²) in [5, 5.41) is 6.75. The van der Waals surface area contributed by atoms with Crippen LogP contribution in [0.25, 0.3) is 0 Å². The third-order valence-electron chi connectivity index (χ3n) is 1.46. The molecule has 15 heavy (non-hydrogen) atoms. The minimum atomic E-state index is -0.0965. The fourth-order valence-corrected chi connectivity index (χ4v) is 0.985. The van der Waals surface area contributed by atoms with Crippen molar-refractivity contribution in [1.82, 2.24) is 15.5 Å². The van der Waals surface area contributed by atoms with Crippen molar-refractivity contribution in [2.45, 2.75) is 39.8 Å². The van der Waals surface area contributed by atoms with Crippen molar-refractivity contribution in [2.75, 3.05) is 0 Å². The molecular formula is C9H17N5O. The van der Waals surface area contributed by atoms with Crippen molar-refractivity contribution < 1.29 is 4.52 Å². The van der Waals surface area contributed by atoms with Gasteiger partial charge in [0.2, 0.25) is 5.89 Å². The highest BCUT2D eigenvalue weighted by molar-refractivity contribution is 5.78. The first-order valence-electron chi connectivity index (χ1n) is 4.74. The smallest absolute Gasteiger partial charge is 0.223 e. The number of nitrogens with two attached hydrogens (primary N) is 1. The normalized spacial score (nSPS) is 12.9. The Morgan fingerprint density at radius 1 is 1.53 bits per heavy atom. The van der Waals surface area contributed by atoms with Crippen LogP contribution in [0.3, 0.4) is 0 Å². The van der Waals surface area contributed by atoms with E-state index in [2.05, 4.69) is 20.4 Å². The first-order chi connectivity index (χ1) is 6.87. The van der Waals surface area contributed by atoms with Crippen LogP contribution < -0.4 is 11.1 Å². The molecule has 0 atom stereocenters. The van der Waals surface area contributed by atoms with Crippen molar-refractivity contribution >= 4 is 5.96 Å². The number of aliphatic imine (C=N–C) groups is 1. The molecule has 0 unspecified atom stereocenters. The lowest BCUT2D eigenvalue weighted by Gasteiger charge is -2.20. The molecule has 0 fully saturated rings. The molecule has 1 aromatic heterocycles. The second-order valence-corrected chi connectivity index (χ2v) is 4.31. The maximum Gasteiger partial charge on any atom is 0.223 e. The number of nitrogens with zero attached hydrogens (tertiary/aromatic N) is 3. The van der Waals surface area contributed by atoms with Crippen molar-refractivity contribution in [2.24, 2.45) is 10.7 Å². The molecule has 84 valence electrons. The summed E-state index contributed by atoms with van der Waals surface area (Å²) in [5.41, 5.74) is 5.57. The zero-order valence-corrected chi connectivity index (χ0v) is 9.53. The maximum atomic E-state index is 5.67. The van der Waals surface area contributed by atoms with Gasteiger partial charge in [-0.05, 0) is 20.8 Å². The molecule has 6 heteroatoms. The fraction of sp³-hybridized carbons (Fsp3) is 0.667. The van der Waals surface area contributed by atoms with E-state index < -0.39 is 0 Å². The van der Waals surface area contributed by atoms with Crippen molar-refractivity contribution in [3.05, 3.63) is 11.7 Å². The minimum absolute atomic E-state index is 0.0965. The molecule has 0 aromatic carbocycles. The molecule has 0 radical (unpaired) electrons. The third kappa shape index (κ3) is 4.44. The predicted molar refractivity (Wildman–Crippen MR) is 57.3 cm³/mol. The molecule has 0 aliphatic rings. The molecule has 0 saturated heterocycles. The number of aromatic nitrogens is 2. The lowest BCUT2D eigenvalue weighted by molar-refractivity contribution is 0.387. The summed E-state index contributed by atoms with van der Waals surface area (Å²) in [4.78, 5) is 8.10. The SMILES string of the molecule is Cc1nc(CN=C(N)NC(C)(C)C)no1. The second-order valence-electron chi connectivity index (χ2n) is 4.31. The monoisotopic (exact) mass is 211 g/mol. The highest BCUT2D eigenvalue weighted by Crippen LogP contribution is 1.99. The zero-order chi connectivity index (χ0) is 11.5. The number of aryl methyl sites for hydroxylation is 1. The molecule has 1 aromatic rings. The van der Waals surface area contributed by atoms with E-state index in [4.69, 9.17) is 10.3 Å². The third-order valence-corrected chi connectivity index (χ3v) is 1.46. The van der Waals surface area contributed by atoms with Gasteiger partial charge in [-0.2, -0.15) is 4.98 Å². The van der Waals surface area contributed by atoms with E-state index >= 15 is 0 Å². The van der Waals surface area contributed by atoms with Crippen LogP contribution in [0.1, 0.15) is 32.5 Å². The number of rotatable bonds is 2. The summed E-state index contributed by atoms with van der Waals surface area (Å²) in [5.74, 6) is 1.44. The molecule has 0 bridgehead atoms. The van der Waals surface area contributed by atoms with Gasteiger partial charge in [-0.3, -0.25) is 0 Å². The quantitative estimate of drug-likeness (QED) is 0.551. The van der Waals surface area contributed by atoms with Gasteiger partial charge in [-0.1, -0.05) is 5.16 Å². The van der Waals surface area contributed by atoms with Gasteiger partial charge in [0.15, 0.2) is 11.8 Å². The lowest BCUT2D eigenvalue weighted by Crippen LogP contribution is -2.45. The Morgan fingerprint density at radius 3 is 2.67 bits per heavy atom. The van der Waals surface area contributed by atoms with Crippen LogP contribution in [0.5, 0.6) is 0 Å². The van der Waals surface area contributed by atoms with Crippen LogP contribution in [0.2, 0.25) is 0 Å². The Balaban J connectivity index is 2.51. The Labute approximate surface area is 89.0 Å². The molecule has 0 saturated carbocycles. The maximum absolute atomic E-state index is 5.67. The molecular weight excluding hydrogens is 194 g/mol. The van der Waals surface area contributed by atoms with Gasteiger partial charge in [0.1, 0.15) is 6.54 Å². The topological polar surface area (TPSA) is 89.3 Å². The summed E-state index contributed by atoms with van der Waals surface area (Å²) in [6.45, 7) is 8.08. The average molecular weight is 211 g/mol. The summed E-state index contributed by atoms with van der Waals surface area (Å²) in [6, 6.07) is 0. The number of hydrogen-bond donors (Lipinski definition) is 2. The van der Waals surface area contributed by atoms with Gasteiger partial charge < -0.3 is 15.6 Å². The van der Waals surface area contributed by atoms with Crippen molar-refractivity contribution in [3.8, 4) is 0 Å². The first kappa shape index (κ1) is 11.5. The predicted octanol–water partition coefficient (Wildman–Crippen LogP) is 0.581. The Kier molecular flexibility index (Phi) is 3.28. The molecule has 0 amide bonds. The number of hydrogen-bond acceptors (Lipinski definition) is 4. The van der Waals surface area contributed by atoms with Crippen molar-refractivity contribution in [3.63, 3.8) is 0 Å². The van der Waals surface area contributed by atoms with Gasteiger partial charge in [0.05, 0.1) is 0 Å². The lowest BCUT2D eigenvalue weighted by atomic mass is 10.1. The Morgan fingerprint density at radius 2 is 2.20 bits per heavy atom. The van der Waals surface area contributed by atoms with E-state index in [1.807, 2.05) is 20.8 Å². The highest BCUT2D eigenvalue weighted by Gasteiger charge is 2.09. The molecule has 3 N–H and O–H groups in total. The van der Waals surface area contributed by atoms with Gasteiger partial charge in [0.25, 0.3) is 0 Å². The Bertz CT molecular complexity index is 350. The van der Waals surface area contributed by atoms with Gasteiger partial charge >= 0.3 is 0 Å². The van der Waals surface area contributed by atoms with Crippen LogP contribution in [-0.2, 0) is 6.54 Å². The van der Waals surface area contributed by atoms with Crippen LogP contribution in [0.15, 0.2) is 9.52 Å². The van der Waals surface area contributed by atoms with E-state index in [1.54, 1.807) is 6.92 Å². The van der Waals surface area contributed by atoms with Crippen LogP contribution in [0.4, 0.5) is 0 Å². The van der Waals surface area contributed by atoms with E-state index in [0.29, 0.717) is 24.2 Å². The van der Waals surface area contributed by atoms with Crippen molar-refractivity contribution in [1.29, 1.82) is 0 Å². The standard InChI is InChI=1S/C9H17N5O/c1-6-12-7(14-15-6)5-11-8(10)13-9(2,3)4/h5H2,1-4H3,(H3,10,11,13). The van der Waals surface area contributed by atoms with E-state index in [0.717, 1.165) is 0 Å². The Hall–Kier alpha value is -1.59. The molecule has 0 aliphatic heterocycles. The number of guanidine groups is 1. The molecule has 1 rings (SSSR count). The minimum Gasteiger partial charge on any atom is -0.370 e. The largest absolute Gasteiger partial charge is 0.370 e. The molecule has 1 heterocycles. The summed E-state index contributed by atoms with van der Waals surface area (Å²) in [6.07, 6.45) is 0. The van der Waals surface area contributed by atoms with Gasteiger partial charge in [0, 0.05) is 12.5 Å². The molecule has 0 spiro atoms. The summed E-state index contributed by atoms with van der Waals surface area (Å²) in [7, 11) is 0. The van der Waals surface area contributed by atoms with Gasteiger partial charge in [-0.25, -0.2) is 4.99 Å². The molecule has 0 aliphatic carbocycles. The van der Waals surface area contributed by atoms with E-state index in [9.17, 15) is 0 Å². The summed E-state index contributed by atoms with van der Waals surface area (Å²) >= 11 is 0. The zero-order valence-electron chi connectivity index (χ0n) is 9.53. The number of nitrogens with one attached hydrogen (secondary N) is 1. The van der Waals surface area contributed by atoms with E-state index in [-0.39, 0.29) is 5.54 Å². The first-order valence-corrected chi connectivity index (χ1v) is 4.74. The van der Waals surface area contributed by atoms with Crippen LogP contribution in [0, 0.1) is 6.92 Å². The van der Waals surface area contributed by atoms with E-state index in [1.165, 1.54) is 0 Å².